The highest BCUT2D eigenvalue weighted by molar-refractivity contribution is 5.76. The second-order valence-electron chi connectivity index (χ2n) is 7.77. The number of methoxy groups -OCH3 is 2. The van der Waals surface area contributed by atoms with Gasteiger partial charge in [0, 0.05) is 24.3 Å². The van der Waals surface area contributed by atoms with Crippen LogP contribution >= 0.6 is 0 Å². The summed E-state index contributed by atoms with van der Waals surface area (Å²) < 4.78 is 22.6. The second-order valence-corrected chi connectivity index (χ2v) is 7.77. The Hall–Kier alpha value is -1.79. The normalized spacial score (nSPS) is 36.8. The molecular weight excluding hydrogens is 334 g/mol. The van der Waals surface area contributed by atoms with Crippen molar-refractivity contribution in [1.29, 1.82) is 0 Å². The van der Waals surface area contributed by atoms with Crippen molar-refractivity contribution in [2.45, 2.75) is 56.0 Å². The van der Waals surface area contributed by atoms with E-state index >= 15 is 0 Å². The maximum atomic E-state index is 11.9. The van der Waals surface area contributed by atoms with Gasteiger partial charge in [-0.1, -0.05) is 6.07 Å². The molecule has 3 fully saturated rings. The van der Waals surface area contributed by atoms with Crippen LogP contribution in [0.5, 0.6) is 11.5 Å². The second kappa shape index (κ2) is 6.13. The minimum atomic E-state index is -0.764. The summed E-state index contributed by atoms with van der Waals surface area (Å²) >= 11 is 0. The van der Waals surface area contributed by atoms with Crippen molar-refractivity contribution in [2.24, 2.45) is 0 Å². The van der Waals surface area contributed by atoms with Crippen molar-refractivity contribution < 1.29 is 23.7 Å². The van der Waals surface area contributed by atoms with E-state index in [1.54, 1.807) is 21.1 Å². The number of rotatable bonds is 3. The highest BCUT2D eigenvalue weighted by Gasteiger charge is 2.59. The molecule has 2 heterocycles. The SMILES string of the molecule is COc1ccc(C23CCN(C)C2CC2(CC3)OC(=O)C(C)O2)cc1OC. The van der Waals surface area contributed by atoms with Crippen LogP contribution in [0.2, 0.25) is 0 Å². The summed E-state index contributed by atoms with van der Waals surface area (Å²) in [5, 5.41) is 0. The molecule has 4 atom stereocenters. The van der Waals surface area contributed by atoms with Gasteiger partial charge in [0.15, 0.2) is 17.6 Å². The summed E-state index contributed by atoms with van der Waals surface area (Å²) in [6.45, 7) is 2.78. The first-order valence-corrected chi connectivity index (χ1v) is 9.26. The Labute approximate surface area is 154 Å². The zero-order chi connectivity index (χ0) is 18.5. The van der Waals surface area contributed by atoms with Crippen LogP contribution in [0.1, 0.15) is 38.2 Å². The first-order chi connectivity index (χ1) is 12.4. The van der Waals surface area contributed by atoms with Crippen LogP contribution in [-0.2, 0) is 19.7 Å². The van der Waals surface area contributed by atoms with Crippen molar-refractivity contribution in [1.82, 2.24) is 4.90 Å². The molecule has 4 rings (SSSR count). The van der Waals surface area contributed by atoms with E-state index < -0.39 is 11.9 Å². The van der Waals surface area contributed by atoms with Gasteiger partial charge in [-0.2, -0.15) is 0 Å². The fourth-order valence-corrected chi connectivity index (χ4v) is 5.06. The van der Waals surface area contributed by atoms with Crippen LogP contribution in [0, 0.1) is 0 Å². The quantitative estimate of drug-likeness (QED) is 0.771. The molecule has 1 spiro atoms. The van der Waals surface area contributed by atoms with Crippen molar-refractivity contribution in [3.05, 3.63) is 23.8 Å². The first-order valence-electron chi connectivity index (χ1n) is 9.26. The molecule has 4 unspecified atom stereocenters. The predicted molar refractivity (Wildman–Crippen MR) is 95.5 cm³/mol. The molecule has 0 radical (unpaired) electrons. The van der Waals surface area contributed by atoms with Crippen molar-refractivity contribution in [3.63, 3.8) is 0 Å². The number of carbonyl (C=O) groups is 1. The van der Waals surface area contributed by atoms with E-state index in [1.165, 1.54) is 5.56 Å². The van der Waals surface area contributed by atoms with Gasteiger partial charge in [-0.05, 0) is 51.1 Å². The van der Waals surface area contributed by atoms with E-state index in [1.807, 2.05) is 6.07 Å². The van der Waals surface area contributed by atoms with Crippen LogP contribution in [0.4, 0.5) is 0 Å². The number of likely N-dealkylation sites (tertiary alicyclic amines) is 1. The van der Waals surface area contributed by atoms with Crippen LogP contribution in [0.3, 0.4) is 0 Å². The van der Waals surface area contributed by atoms with Crippen LogP contribution < -0.4 is 9.47 Å². The van der Waals surface area contributed by atoms with Gasteiger partial charge in [0.2, 0.25) is 5.79 Å². The fourth-order valence-electron chi connectivity index (χ4n) is 5.06. The molecule has 1 saturated carbocycles. The summed E-state index contributed by atoms with van der Waals surface area (Å²) in [6, 6.07) is 6.49. The van der Waals surface area contributed by atoms with E-state index in [0.717, 1.165) is 37.3 Å². The van der Waals surface area contributed by atoms with Gasteiger partial charge in [0.25, 0.3) is 0 Å². The summed E-state index contributed by atoms with van der Waals surface area (Å²) in [5.41, 5.74) is 1.28. The third-order valence-electron chi connectivity index (χ3n) is 6.51. The van der Waals surface area contributed by atoms with Gasteiger partial charge in [0.1, 0.15) is 0 Å². The molecule has 0 N–H and O–H groups in total. The minimum absolute atomic E-state index is 0.0150. The molecule has 0 bridgehead atoms. The van der Waals surface area contributed by atoms with E-state index in [9.17, 15) is 4.79 Å². The molecule has 6 heteroatoms. The summed E-state index contributed by atoms with van der Waals surface area (Å²) in [5.74, 6) is 0.485. The molecule has 1 aromatic carbocycles. The fraction of sp³-hybridized carbons (Fsp3) is 0.650. The average molecular weight is 361 g/mol. The lowest BCUT2D eigenvalue weighted by Gasteiger charge is -2.47. The smallest absolute Gasteiger partial charge is 0.337 e. The van der Waals surface area contributed by atoms with Gasteiger partial charge >= 0.3 is 5.97 Å². The Kier molecular flexibility index (Phi) is 4.15. The minimum Gasteiger partial charge on any atom is -0.493 e. The molecule has 142 valence electrons. The third kappa shape index (κ3) is 2.50. The van der Waals surface area contributed by atoms with Crippen LogP contribution in [0.15, 0.2) is 18.2 Å². The molecule has 3 aliphatic rings. The molecule has 1 aliphatic carbocycles. The van der Waals surface area contributed by atoms with Gasteiger partial charge in [0.05, 0.1) is 14.2 Å². The third-order valence-corrected chi connectivity index (χ3v) is 6.51. The number of carbonyl (C=O) groups excluding carboxylic acids is 1. The van der Waals surface area contributed by atoms with Gasteiger partial charge in [-0.25, -0.2) is 4.79 Å². The Morgan fingerprint density at radius 1 is 1.15 bits per heavy atom. The van der Waals surface area contributed by atoms with Crippen molar-refractivity contribution >= 4 is 5.97 Å². The molecule has 2 aliphatic heterocycles. The number of fused-ring (bicyclic) bond motifs is 1. The topological polar surface area (TPSA) is 57.2 Å². The van der Waals surface area contributed by atoms with Gasteiger partial charge < -0.3 is 23.8 Å². The standard InChI is InChI=1S/C20H27NO5/c1-13-18(22)26-20(25-13)8-7-19(9-10-21(2)17(19)12-20)14-5-6-15(23-3)16(11-14)24-4/h5-6,11,13,17H,7-10,12H2,1-4H3. The summed E-state index contributed by atoms with van der Waals surface area (Å²) in [6.07, 6.45) is 2.94. The van der Waals surface area contributed by atoms with Crippen LogP contribution in [-0.4, -0.2) is 56.6 Å². The Balaban J connectivity index is 1.69. The Morgan fingerprint density at radius 3 is 2.58 bits per heavy atom. The number of benzene rings is 1. The van der Waals surface area contributed by atoms with E-state index in [-0.39, 0.29) is 17.4 Å². The molecule has 0 aromatic heterocycles. The maximum absolute atomic E-state index is 11.9. The summed E-state index contributed by atoms with van der Waals surface area (Å²) in [7, 11) is 5.46. The first kappa shape index (κ1) is 17.6. The van der Waals surface area contributed by atoms with E-state index in [4.69, 9.17) is 18.9 Å². The molecule has 1 aromatic rings. The monoisotopic (exact) mass is 361 g/mol. The molecule has 0 amide bonds. The lowest BCUT2D eigenvalue weighted by Crippen LogP contribution is -2.53. The molecule has 2 saturated heterocycles. The Bertz CT molecular complexity index is 722. The van der Waals surface area contributed by atoms with Crippen molar-refractivity contribution in [3.8, 4) is 11.5 Å². The number of nitrogens with zero attached hydrogens (tertiary/aromatic N) is 1. The number of hydrogen-bond acceptors (Lipinski definition) is 6. The average Bonchev–Trinajstić information content (AvgIpc) is 3.12. The lowest BCUT2D eigenvalue weighted by molar-refractivity contribution is -0.204. The largest absolute Gasteiger partial charge is 0.493 e. The van der Waals surface area contributed by atoms with E-state index in [2.05, 4.69) is 24.1 Å². The predicted octanol–water partition coefficient (Wildman–Crippen LogP) is 2.49. The van der Waals surface area contributed by atoms with Gasteiger partial charge in [-0.15, -0.1) is 0 Å². The number of ether oxygens (including phenoxy) is 4. The molecular formula is C20H27NO5. The van der Waals surface area contributed by atoms with Crippen molar-refractivity contribution in [2.75, 3.05) is 27.8 Å². The molecule has 6 nitrogen and oxygen atoms in total. The number of hydrogen-bond donors (Lipinski definition) is 0. The Morgan fingerprint density at radius 2 is 1.92 bits per heavy atom. The maximum Gasteiger partial charge on any atom is 0.337 e. The summed E-state index contributed by atoms with van der Waals surface area (Å²) in [4.78, 5) is 14.3. The lowest BCUT2D eigenvalue weighted by atomic mass is 9.64. The van der Waals surface area contributed by atoms with Crippen LogP contribution in [0.25, 0.3) is 0 Å². The highest BCUT2D eigenvalue weighted by Crippen LogP contribution is 2.54. The van der Waals surface area contributed by atoms with Gasteiger partial charge in [-0.3, -0.25) is 0 Å². The zero-order valence-electron chi connectivity index (χ0n) is 15.9. The highest BCUT2D eigenvalue weighted by atomic mass is 16.8. The number of likely N-dealkylation sites (N-methyl/N-ethyl adjacent to an activating group) is 1. The van der Waals surface area contributed by atoms with E-state index in [0.29, 0.717) is 6.42 Å². The zero-order valence-corrected chi connectivity index (χ0v) is 15.9. The number of esters is 1. The molecule has 26 heavy (non-hydrogen) atoms.